The predicted molar refractivity (Wildman–Crippen MR) is 54.2 cm³/mol. The summed E-state index contributed by atoms with van der Waals surface area (Å²) >= 11 is 0. The average molecular weight is 190 g/mol. The first-order valence-electron chi connectivity index (χ1n) is 4.76. The Hall–Kier alpha value is -0.610. The van der Waals surface area contributed by atoms with E-state index in [-0.39, 0.29) is 5.97 Å². The lowest BCUT2D eigenvalue weighted by molar-refractivity contribution is -0.142. The van der Waals surface area contributed by atoms with Crippen molar-refractivity contribution in [1.29, 1.82) is 0 Å². The highest BCUT2D eigenvalue weighted by Gasteiger charge is 2.11. The van der Waals surface area contributed by atoms with Crippen LogP contribution in [0.2, 0.25) is 0 Å². The van der Waals surface area contributed by atoms with Gasteiger partial charge in [-0.15, -0.1) is 0 Å². The van der Waals surface area contributed by atoms with Crippen molar-refractivity contribution in [3.8, 4) is 0 Å². The molecule has 0 rings (SSSR count). The zero-order chi connectivity index (χ0) is 10.7. The van der Waals surface area contributed by atoms with E-state index in [2.05, 4.69) is 4.74 Å². The van der Waals surface area contributed by atoms with Crippen molar-refractivity contribution in [2.24, 2.45) is 11.5 Å². The third kappa shape index (κ3) is 9.30. The molecule has 0 radical (unpaired) electrons. The topological polar surface area (TPSA) is 78.3 Å². The lowest BCUT2D eigenvalue weighted by Gasteiger charge is -2.07. The number of rotatable bonds is 5. The van der Waals surface area contributed by atoms with Crippen LogP contribution in [0.1, 0.15) is 33.1 Å². The highest BCUT2D eigenvalue weighted by Crippen LogP contribution is 1.98. The van der Waals surface area contributed by atoms with E-state index in [1.165, 1.54) is 7.11 Å². The highest BCUT2D eigenvalue weighted by molar-refractivity contribution is 5.75. The van der Waals surface area contributed by atoms with E-state index in [1.54, 1.807) is 0 Å². The molecule has 0 saturated carbocycles. The zero-order valence-corrected chi connectivity index (χ0v) is 8.88. The molecule has 0 aromatic heterocycles. The monoisotopic (exact) mass is 190 g/mol. The van der Waals surface area contributed by atoms with Gasteiger partial charge in [0.2, 0.25) is 0 Å². The quantitative estimate of drug-likeness (QED) is 0.492. The van der Waals surface area contributed by atoms with Crippen LogP contribution in [0.25, 0.3) is 0 Å². The van der Waals surface area contributed by atoms with Crippen molar-refractivity contribution in [1.82, 2.24) is 0 Å². The molecular formula is C9H22N2O2. The third-order valence-corrected chi connectivity index (χ3v) is 1.47. The molecule has 80 valence electrons. The van der Waals surface area contributed by atoms with E-state index in [4.69, 9.17) is 11.5 Å². The molecule has 0 aliphatic carbocycles. The van der Waals surface area contributed by atoms with Crippen LogP contribution in [0.15, 0.2) is 0 Å². The Labute approximate surface area is 80.6 Å². The van der Waals surface area contributed by atoms with E-state index in [1.807, 2.05) is 13.8 Å². The zero-order valence-electron chi connectivity index (χ0n) is 8.88. The van der Waals surface area contributed by atoms with Crippen molar-refractivity contribution in [3.05, 3.63) is 0 Å². The molecule has 1 atom stereocenters. The maximum Gasteiger partial charge on any atom is 0.322 e. The summed E-state index contributed by atoms with van der Waals surface area (Å²) in [5.41, 5.74) is 10.7. The summed E-state index contributed by atoms with van der Waals surface area (Å²) in [5.74, 6) is -0.345. The smallest absolute Gasteiger partial charge is 0.322 e. The van der Waals surface area contributed by atoms with E-state index in [0.717, 1.165) is 12.8 Å². The van der Waals surface area contributed by atoms with Crippen molar-refractivity contribution in [3.63, 3.8) is 0 Å². The van der Waals surface area contributed by atoms with Crippen LogP contribution in [0.4, 0.5) is 0 Å². The Morgan fingerprint density at radius 2 is 1.92 bits per heavy atom. The van der Waals surface area contributed by atoms with Gasteiger partial charge in [-0.25, -0.2) is 0 Å². The van der Waals surface area contributed by atoms with E-state index >= 15 is 0 Å². The minimum Gasteiger partial charge on any atom is -0.468 e. The van der Waals surface area contributed by atoms with Gasteiger partial charge in [-0.3, -0.25) is 4.79 Å². The Morgan fingerprint density at radius 1 is 1.38 bits per heavy atom. The Kier molecular flexibility index (Phi) is 13.0. The van der Waals surface area contributed by atoms with Gasteiger partial charge in [0.25, 0.3) is 0 Å². The molecule has 4 N–H and O–H groups in total. The van der Waals surface area contributed by atoms with Crippen LogP contribution in [0.5, 0.6) is 0 Å². The first kappa shape index (κ1) is 14.9. The Bertz CT molecular complexity index is 118. The SMILES string of the molecule is CC.COC(=O)C(N)CCCCN. The second-order valence-corrected chi connectivity index (χ2v) is 2.41. The number of unbranched alkanes of at least 4 members (excludes halogenated alkanes) is 1. The summed E-state index contributed by atoms with van der Waals surface area (Å²) in [4.78, 5) is 10.7. The molecule has 4 nitrogen and oxygen atoms in total. The number of nitrogens with two attached hydrogens (primary N) is 2. The van der Waals surface area contributed by atoms with Crippen molar-refractivity contribution in [2.45, 2.75) is 39.2 Å². The predicted octanol–water partition coefficient (Wildman–Crippen LogP) is 0.642. The molecule has 4 heteroatoms. The number of carbonyl (C=O) groups excluding carboxylic acids is 1. The van der Waals surface area contributed by atoms with Crippen LogP contribution >= 0.6 is 0 Å². The molecule has 13 heavy (non-hydrogen) atoms. The Morgan fingerprint density at radius 3 is 2.31 bits per heavy atom. The van der Waals surface area contributed by atoms with Crippen LogP contribution in [0.3, 0.4) is 0 Å². The molecular weight excluding hydrogens is 168 g/mol. The standard InChI is InChI=1S/C7H16N2O2.C2H6/c1-11-7(10)6(9)4-2-3-5-8;1-2/h6H,2-5,8-9H2,1H3;1-2H3. The summed E-state index contributed by atoms with van der Waals surface area (Å²) in [6, 6.07) is -0.480. The fourth-order valence-corrected chi connectivity index (χ4v) is 0.778. The molecule has 0 aliphatic heterocycles. The van der Waals surface area contributed by atoms with Gasteiger partial charge in [0, 0.05) is 0 Å². The highest BCUT2D eigenvalue weighted by atomic mass is 16.5. The average Bonchev–Trinajstić information content (AvgIpc) is 2.20. The second-order valence-electron chi connectivity index (χ2n) is 2.41. The molecule has 0 aromatic carbocycles. The first-order chi connectivity index (χ1) is 6.22. The summed E-state index contributed by atoms with van der Waals surface area (Å²) < 4.78 is 4.45. The van der Waals surface area contributed by atoms with Gasteiger partial charge in [-0.1, -0.05) is 20.3 Å². The first-order valence-corrected chi connectivity index (χ1v) is 4.76. The van der Waals surface area contributed by atoms with Crippen molar-refractivity contribution in [2.75, 3.05) is 13.7 Å². The van der Waals surface area contributed by atoms with Gasteiger partial charge in [-0.05, 0) is 19.4 Å². The van der Waals surface area contributed by atoms with Gasteiger partial charge in [0.1, 0.15) is 6.04 Å². The van der Waals surface area contributed by atoms with E-state index < -0.39 is 6.04 Å². The second kappa shape index (κ2) is 11.4. The van der Waals surface area contributed by atoms with Crippen LogP contribution < -0.4 is 11.5 Å². The van der Waals surface area contributed by atoms with Gasteiger partial charge < -0.3 is 16.2 Å². The molecule has 0 fully saturated rings. The molecule has 0 aliphatic rings. The molecule has 1 unspecified atom stereocenters. The summed E-state index contributed by atoms with van der Waals surface area (Å²) in [6.07, 6.45) is 2.45. The number of methoxy groups -OCH3 is 1. The fourth-order valence-electron chi connectivity index (χ4n) is 0.778. The molecule has 0 spiro atoms. The lowest BCUT2D eigenvalue weighted by atomic mass is 10.1. The van der Waals surface area contributed by atoms with Gasteiger partial charge in [-0.2, -0.15) is 0 Å². The normalized spacial score (nSPS) is 11.2. The fraction of sp³-hybridized carbons (Fsp3) is 0.889. The minimum absolute atomic E-state index is 0.345. The third-order valence-electron chi connectivity index (χ3n) is 1.47. The number of carbonyl (C=O) groups is 1. The molecule has 0 aromatic rings. The van der Waals surface area contributed by atoms with Gasteiger partial charge >= 0.3 is 5.97 Å². The molecule has 0 bridgehead atoms. The number of hydrogen-bond donors (Lipinski definition) is 2. The molecule has 0 amide bonds. The lowest BCUT2D eigenvalue weighted by Crippen LogP contribution is -2.31. The van der Waals surface area contributed by atoms with Crippen molar-refractivity contribution < 1.29 is 9.53 Å². The minimum atomic E-state index is -0.480. The van der Waals surface area contributed by atoms with Crippen LogP contribution in [-0.4, -0.2) is 25.7 Å². The van der Waals surface area contributed by atoms with Gasteiger partial charge in [0.15, 0.2) is 0 Å². The summed E-state index contributed by atoms with van der Waals surface area (Å²) in [7, 11) is 1.34. The largest absolute Gasteiger partial charge is 0.468 e. The van der Waals surface area contributed by atoms with Crippen LogP contribution in [0, 0.1) is 0 Å². The van der Waals surface area contributed by atoms with Crippen LogP contribution in [-0.2, 0) is 9.53 Å². The molecule has 0 heterocycles. The van der Waals surface area contributed by atoms with Crippen molar-refractivity contribution >= 4 is 5.97 Å². The maximum atomic E-state index is 10.7. The number of esters is 1. The Balaban J connectivity index is 0. The summed E-state index contributed by atoms with van der Waals surface area (Å²) in [5, 5.41) is 0. The summed E-state index contributed by atoms with van der Waals surface area (Å²) in [6.45, 7) is 4.65. The van der Waals surface area contributed by atoms with E-state index in [9.17, 15) is 4.79 Å². The number of ether oxygens (including phenoxy) is 1. The van der Waals surface area contributed by atoms with E-state index in [0.29, 0.717) is 13.0 Å². The molecule has 0 saturated heterocycles. The van der Waals surface area contributed by atoms with Gasteiger partial charge in [0.05, 0.1) is 7.11 Å². The maximum absolute atomic E-state index is 10.7. The number of hydrogen-bond acceptors (Lipinski definition) is 4.